The Bertz CT molecular complexity index is 949. The van der Waals surface area contributed by atoms with E-state index in [1.54, 1.807) is 54.6 Å². The van der Waals surface area contributed by atoms with Crippen LogP contribution in [-0.2, 0) is 11.2 Å². The first-order chi connectivity index (χ1) is 15.1. The van der Waals surface area contributed by atoms with Gasteiger partial charge < -0.3 is 29.9 Å². The van der Waals surface area contributed by atoms with Crippen molar-refractivity contribution in [3.05, 3.63) is 83.7 Å². The van der Waals surface area contributed by atoms with Crippen LogP contribution in [0.3, 0.4) is 0 Å². The van der Waals surface area contributed by atoms with Crippen LogP contribution in [0.25, 0.3) is 0 Å². The summed E-state index contributed by atoms with van der Waals surface area (Å²) in [4.78, 5) is 14.5. The summed E-state index contributed by atoms with van der Waals surface area (Å²) in [5.41, 5.74) is 3.32. The van der Waals surface area contributed by atoms with Crippen LogP contribution >= 0.6 is 0 Å². The van der Waals surface area contributed by atoms with Crippen LogP contribution in [0.5, 0.6) is 5.75 Å². The van der Waals surface area contributed by atoms with Gasteiger partial charge in [-0.2, -0.15) is 0 Å². The zero-order valence-electron chi connectivity index (χ0n) is 18.2. The quantitative estimate of drug-likeness (QED) is 0.352. The lowest BCUT2D eigenvalue weighted by Gasteiger charge is -2.04. The van der Waals surface area contributed by atoms with E-state index in [-0.39, 0.29) is 6.42 Å². The zero-order valence-corrected chi connectivity index (χ0v) is 18.2. The van der Waals surface area contributed by atoms with Crippen molar-refractivity contribution in [2.24, 2.45) is 0 Å². The number of aliphatic carboxylic acids is 1. The number of para-hydroxylation sites is 1. The number of ether oxygens (including phenoxy) is 1. The van der Waals surface area contributed by atoms with E-state index in [4.69, 9.17) is 29.9 Å². The van der Waals surface area contributed by atoms with Crippen molar-refractivity contribution in [2.75, 3.05) is 7.11 Å². The smallest absolute Gasteiger partial charge is 0.488 e. The van der Waals surface area contributed by atoms with Gasteiger partial charge in [0.25, 0.3) is 0 Å². The Kier molecular flexibility index (Phi) is 11.8. The second-order valence-electron chi connectivity index (χ2n) is 6.72. The maximum atomic E-state index is 10.4. The summed E-state index contributed by atoms with van der Waals surface area (Å²) in [6, 6.07) is 19.1. The molecule has 0 unspecified atom stereocenters. The van der Waals surface area contributed by atoms with Crippen molar-refractivity contribution in [2.45, 2.75) is 20.3 Å². The van der Waals surface area contributed by atoms with Crippen molar-refractivity contribution in [3.8, 4) is 5.75 Å². The number of hydrogen-bond acceptors (Lipinski definition) is 7. The third kappa shape index (κ3) is 10.2. The molecule has 0 spiro atoms. The third-order valence-corrected chi connectivity index (χ3v) is 4.03. The number of aromatic nitrogens is 1. The highest BCUT2D eigenvalue weighted by Crippen LogP contribution is 2.17. The van der Waals surface area contributed by atoms with E-state index >= 15 is 0 Å². The van der Waals surface area contributed by atoms with Crippen LogP contribution < -0.4 is 15.7 Å². The van der Waals surface area contributed by atoms with E-state index in [9.17, 15) is 4.79 Å². The predicted octanol–water partition coefficient (Wildman–Crippen LogP) is 0.0669. The highest BCUT2D eigenvalue weighted by Gasteiger charge is 2.11. The summed E-state index contributed by atoms with van der Waals surface area (Å²) in [5.74, 6) is -0.223. The van der Waals surface area contributed by atoms with Gasteiger partial charge in [0.2, 0.25) is 0 Å². The molecule has 0 amide bonds. The van der Waals surface area contributed by atoms with Crippen LogP contribution in [0, 0.1) is 13.8 Å². The van der Waals surface area contributed by atoms with Gasteiger partial charge in [-0.25, -0.2) is 0 Å². The summed E-state index contributed by atoms with van der Waals surface area (Å²) in [5, 5.41) is 43.3. The largest absolute Gasteiger partial charge is 0.496 e. The molecule has 0 radical (unpaired) electrons. The number of nitrogens with zero attached hydrogens (tertiary/aromatic N) is 1. The standard InChI is InChI=1S/C9H10O3.C7H10BNO2.C6H7BO2/c1-12-8-5-3-2-4-7(8)6-9(10)11;1-5-3-7(8(10)11)4-6(2)9-5;8-7(9)6-4-2-1-3-5-6/h2-5H,6H2,1H3,(H,10,11);3-4,10-11H,1-2H3;1-5,8-9H. The first kappa shape index (κ1) is 26.9. The highest BCUT2D eigenvalue weighted by molar-refractivity contribution is 6.58. The molecule has 3 aromatic rings. The molecule has 168 valence electrons. The minimum Gasteiger partial charge on any atom is -0.496 e. The molecule has 0 saturated carbocycles. The third-order valence-electron chi connectivity index (χ3n) is 4.03. The predicted molar refractivity (Wildman–Crippen MR) is 124 cm³/mol. The SMILES string of the molecule is COc1ccccc1CC(=O)O.Cc1cc(B(O)O)cc(C)n1.OB(O)c1ccccc1. The average molecular weight is 439 g/mol. The minimum atomic E-state index is -1.39. The Morgan fingerprint density at radius 1 is 0.844 bits per heavy atom. The highest BCUT2D eigenvalue weighted by atomic mass is 16.5. The molecule has 1 heterocycles. The molecule has 0 aliphatic carbocycles. The molecule has 0 fully saturated rings. The van der Waals surface area contributed by atoms with Crippen molar-refractivity contribution >= 4 is 31.1 Å². The van der Waals surface area contributed by atoms with Crippen LogP contribution in [0.15, 0.2) is 66.7 Å². The van der Waals surface area contributed by atoms with Crippen molar-refractivity contribution in [1.29, 1.82) is 0 Å². The fourth-order valence-corrected chi connectivity index (χ4v) is 2.65. The lowest BCUT2D eigenvalue weighted by molar-refractivity contribution is -0.136. The number of aryl methyl sites for hydroxylation is 2. The van der Waals surface area contributed by atoms with Crippen LogP contribution in [-0.4, -0.2) is 57.5 Å². The van der Waals surface area contributed by atoms with Crippen molar-refractivity contribution in [3.63, 3.8) is 0 Å². The van der Waals surface area contributed by atoms with Crippen LogP contribution in [0.4, 0.5) is 0 Å². The van der Waals surface area contributed by atoms with E-state index in [0.29, 0.717) is 22.2 Å². The van der Waals surface area contributed by atoms with Gasteiger partial charge in [0.05, 0.1) is 13.5 Å². The Morgan fingerprint density at radius 3 is 1.78 bits per heavy atom. The molecule has 8 nitrogen and oxygen atoms in total. The summed E-state index contributed by atoms with van der Waals surface area (Å²) in [6.07, 6.45) is 0.00398. The first-order valence-electron chi connectivity index (χ1n) is 9.70. The number of methoxy groups -OCH3 is 1. The van der Waals surface area contributed by atoms with Crippen LogP contribution in [0.2, 0.25) is 0 Å². The molecule has 0 atom stereocenters. The molecule has 1 aromatic heterocycles. The maximum absolute atomic E-state index is 10.4. The van der Waals surface area contributed by atoms with Gasteiger partial charge in [-0.15, -0.1) is 0 Å². The molecule has 10 heteroatoms. The van der Waals surface area contributed by atoms with Crippen molar-refractivity contribution in [1.82, 2.24) is 4.98 Å². The van der Waals surface area contributed by atoms with Gasteiger partial charge in [-0.3, -0.25) is 9.78 Å². The van der Waals surface area contributed by atoms with Crippen LogP contribution in [0.1, 0.15) is 17.0 Å². The van der Waals surface area contributed by atoms with E-state index in [0.717, 1.165) is 11.4 Å². The number of carboxylic acids is 1. The number of carboxylic acid groups (broad SMARTS) is 1. The van der Waals surface area contributed by atoms with Gasteiger partial charge in [0.1, 0.15) is 5.75 Å². The molecule has 32 heavy (non-hydrogen) atoms. The monoisotopic (exact) mass is 439 g/mol. The molecule has 0 aliphatic heterocycles. The molecular formula is C22H27B2NO7. The average Bonchev–Trinajstić information content (AvgIpc) is 2.74. The molecular weight excluding hydrogens is 412 g/mol. The Hall–Kier alpha value is -3.17. The summed E-state index contributed by atoms with van der Waals surface area (Å²) in [7, 11) is -1.21. The van der Waals surface area contributed by atoms with Gasteiger partial charge in [0.15, 0.2) is 0 Å². The molecule has 2 aromatic carbocycles. The van der Waals surface area contributed by atoms with E-state index in [1.165, 1.54) is 7.11 Å². The number of benzene rings is 2. The van der Waals surface area contributed by atoms with E-state index in [1.807, 2.05) is 26.0 Å². The first-order valence-corrected chi connectivity index (χ1v) is 9.70. The fraction of sp³-hybridized carbons (Fsp3) is 0.182. The number of rotatable bonds is 5. The van der Waals surface area contributed by atoms with Crippen molar-refractivity contribution < 1.29 is 34.7 Å². The van der Waals surface area contributed by atoms with Gasteiger partial charge in [-0.1, -0.05) is 48.5 Å². The normalized spacial score (nSPS) is 9.47. The second-order valence-corrected chi connectivity index (χ2v) is 6.72. The van der Waals surface area contributed by atoms with E-state index < -0.39 is 20.2 Å². The molecule has 5 N–H and O–H groups in total. The lowest BCUT2D eigenvalue weighted by atomic mass is 9.80. The topological polar surface area (TPSA) is 140 Å². The molecule has 0 aliphatic rings. The summed E-state index contributed by atoms with van der Waals surface area (Å²) in [6.45, 7) is 3.64. The number of hydrogen-bond donors (Lipinski definition) is 5. The minimum absolute atomic E-state index is 0.00398. The summed E-state index contributed by atoms with van der Waals surface area (Å²) >= 11 is 0. The Balaban J connectivity index is 0.000000242. The molecule has 0 saturated heterocycles. The van der Waals surface area contributed by atoms with E-state index in [2.05, 4.69) is 4.98 Å². The maximum Gasteiger partial charge on any atom is 0.488 e. The Labute approximate surface area is 188 Å². The van der Waals surface area contributed by atoms with Gasteiger partial charge in [-0.05, 0) is 43.0 Å². The van der Waals surface area contributed by atoms with Gasteiger partial charge >= 0.3 is 20.2 Å². The lowest BCUT2D eigenvalue weighted by Crippen LogP contribution is -2.30. The zero-order chi connectivity index (χ0) is 24.1. The molecule has 0 bridgehead atoms. The second kappa shape index (κ2) is 14.0. The van der Waals surface area contributed by atoms with Gasteiger partial charge in [0, 0.05) is 17.0 Å². The molecule has 3 rings (SSSR count). The summed E-state index contributed by atoms with van der Waals surface area (Å²) < 4.78 is 4.98. The number of carbonyl (C=O) groups is 1. The Morgan fingerprint density at radius 2 is 1.34 bits per heavy atom. The fourth-order valence-electron chi connectivity index (χ4n) is 2.65. The number of pyridine rings is 1.